The highest BCUT2D eigenvalue weighted by molar-refractivity contribution is 5.82. The third-order valence-electron chi connectivity index (χ3n) is 4.04. The Morgan fingerprint density at radius 2 is 2.38 bits per heavy atom. The van der Waals surface area contributed by atoms with Crippen LogP contribution in [0.3, 0.4) is 0 Å². The first kappa shape index (κ1) is 11.9. The SMILES string of the molecule is CCC1(CNC(=O)C2COCCN2)CCC1. The van der Waals surface area contributed by atoms with Crippen molar-refractivity contribution in [2.24, 2.45) is 5.41 Å². The molecule has 0 aromatic rings. The number of carbonyl (C=O) groups is 1. The van der Waals surface area contributed by atoms with Crippen molar-refractivity contribution in [2.45, 2.75) is 38.6 Å². The quantitative estimate of drug-likeness (QED) is 0.741. The Balaban J connectivity index is 1.74. The maximum absolute atomic E-state index is 11.8. The summed E-state index contributed by atoms with van der Waals surface area (Å²) in [5, 5.41) is 6.24. The predicted molar refractivity (Wildman–Crippen MR) is 62.2 cm³/mol. The zero-order valence-electron chi connectivity index (χ0n) is 10.1. The minimum absolute atomic E-state index is 0.0967. The highest BCUT2D eigenvalue weighted by Crippen LogP contribution is 2.42. The normalized spacial score (nSPS) is 28.2. The lowest BCUT2D eigenvalue weighted by Gasteiger charge is -2.41. The number of morpholine rings is 1. The topological polar surface area (TPSA) is 50.4 Å². The number of nitrogens with one attached hydrogen (secondary N) is 2. The first-order valence-corrected chi connectivity index (χ1v) is 6.35. The van der Waals surface area contributed by atoms with Crippen LogP contribution in [0.5, 0.6) is 0 Å². The molecule has 0 bridgehead atoms. The van der Waals surface area contributed by atoms with Crippen molar-refractivity contribution in [3.05, 3.63) is 0 Å². The second-order valence-corrected chi connectivity index (χ2v) is 5.01. The van der Waals surface area contributed by atoms with Crippen LogP contribution in [0.4, 0.5) is 0 Å². The van der Waals surface area contributed by atoms with Crippen LogP contribution in [0.2, 0.25) is 0 Å². The van der Waals surface area contributed by atoms with Gasteiger partial charge in [-0.2, -0.15) is 0 Å². The maximum atomic E-state index is 11.8. The molecule has 0 spiro atoms. The van der Waals surface area contributed by atoms with Gasteiger partial charge in [0, 0.05) is 13.1 Å². The Morgan fingerprint density at radius 1 is 1.56 bits per heavy atom. The summed E-state index contributed by atoms with van der Waals surface area (Å²) in [6.07, 6.45) is 5.01. The highest BCUT2D eigenvalue weighted by atomic mass is 16.5. The summed E-state index contributed by atoms with van der Waals surface area (Å²) >= 11 is 0. The smallest absolute Gasteiger partial charge is 0.239 e. The number of ether oxygens (including phenoxy) is 1. The molecule has 1 heterocycles. The second kappa shape index (κ2) is 5.15. The molecule has 0 aromatic carbocycles. The zero-order valence-corrected chi connectivity index (χ0v) is 10.1. The fraction of sp³-hybridized carbons (Fsp3) is 0.917. The minimum Gasteiger partial charge on any atom is -0.378 e. The monoisotopic (exact) mass is 226 g/mol. The molecular formula is C12H22N2O2. The molecule has 2 rings (SSSR count). The summed E-state index contributed by atoms with van der Waals surface area (Å²) in [7, 11) is 0. The van der Waals surface area contributed by atoms with Crippen LogP contribution in [0.25, 0.3) is 0 Å². The Labute approximate surface area is 97.1 Å². The number of amides is 1. The maximum Gasteiger partial charge on any atom is 0.239 e. The van der Waals surface area contributed by atoms with Gasteiger partial charge in [0.15, 0.2) is 0 Å². The van der Waals surface area contributed by atoms with Crippen LogP contribution in [-0.4, -0.2) is 38.3 Å². The molecule has 1 amide bonds. The fourth-order valence-corrected chi connectivity index (χ4v) is 2.46. The highest BCUT2D eigenvalue weighted by Gasteiger charge is 2.35. The largest absolute Gasteiger partial charge is 0.378 e. The van der Waals surface area contributed by atoms with Gasteiger partial charge in [0.2, 0.25) is 5.91 Å². The van der Waals surface area contributed by atoms with Gasteiger partial charge in [0.25, 0.3) is 0 Å². The molecule has 92 valence electrons. The van der Waals surface area contributed by atoms with E-state index in [1.54, 1.807) is 0 Å². The van der Waals surface area contributed by atoms with Crippen molar-refractivity contribution in [3.63, 3.8) is 0 Å². The summed E-state index contributed by atoms with van der Waals surface area (Å²) in [6.45, 7) is 5.04. The van der Waals surface area contributed by atoms with Crippen LogP contribution in [-0.2, 0) is 9.53 Å². The summed E-state index contributed by atoms with van der Waals surface area (Å²) in [4.78, 5) is 11.8. The van der Waals surface area contributed by atoms with Gasteiger partial charge in [0.05, 0.1) is 13.2 Å². The Kier molecular flexibility index (Phi) is 3.82. The van der Waals surface area contributed by atoms with Gasteiger partial charge in [-0.25, -0.2) is 0 Å². The predicted octanol–water partition coefficient (Wildman–Crippen LogP) is 0.671. The van der Waals surface area contributed by atoms with Crippen LogP contribution in [0.1, 0.15) is 32.6 Å². The molecule has 4 nitrogen and oxygen atoms in total. The van der Waals surface area contributed by atoms with E-state index in [1.807, 2.05) is 0 Å². The molecule has 1 unspecified atom stereocenters. The molecule has 2 fully saturated rings. The fourth-order valence-electron chi connectivity index (χ4n) is 2.46. The minimum atomic E-state index is -0.150. The molecule has 0 radical (unpaired) electrons. The standard InChI is InChI=1S/C12H22N2O2/c1-2-12(4-3-5-12)9-14-11(15)10-8-16-7-6-13-10/h10,13H,2-9H2,1H3,(H,14,15). The average molecular weight is 226 g/mol. The third kappa shape index (κ3) is 2.55. The van der Waals surface area contributed by atoms with Gasteiger partial charge in [-0.05, 0) is 24.7 Å². The third-order valence-corrected chi connectivity index (χ3v) is 4.04. The van der Waals surface area contributed by atoms with E-state index in [0.717, 1.165) is 13.1 Å². The van der Waals surface area contributed by atoms with E-state index in [0.29, 0.717) is 18.6 Å². The first-order valence-electron chi connectivity index (χ1n) is 6.35. The van der Waals surface area contributed by atoms with Crippen LogP contribution >= 0.6 is 0 Å². The molecule has 2 N–H and O–H groups in total. The van der Waals surface area contributed by atoms with Crippen molar-refractivity contribution in [1.82, 2.24) is 10.6 Å². The van der Waals surface area contributed by atoms with Crippen molar-refractivity contribution in [1.29, 1.82) is 0 Å². The van der Waals surface area contributed by atoms with E-state index in [4.69, 9.17) is 4.74 Å². The first-order chi connectivity index (χ1) is 7.76. The molecule has 16 heavy (non-hydrogen) atoms. The number of rotatable bonds is 4. The molecular weight excluding hydrogens is 204 g/mol. The molecule has 1 aliphatic carbocycles. The van der Waals surface area contributed by atoms with Crippen LogP contribution in [0.15, 0.2) is 0 Å². The molecule has 1 aliphatic heterocycles. The van der Waals surface area contributed by atoms with E-state index < -0.39 is 0 Å². The Morgan fingerprint density at radius 3 is 2.88 bits per heavy atom. The van der Waals surface area contributed by atoms with Crippen molar-refractivity contribution >= 4 is 5.91 Å². The molecule has 1 atom stereocenters. The molecule has 2 aliphatic rings. The number of carbonyl (C=O) groups excluding carboxylic acids is 1. The van der Waals surface area contributed by atoms with E-state index >= 15 is 0 Å². The van der Waals surface area contributed by atoms with Gasteiger partial charge >= 0.3 is 0 Å². The lowest BCUT2D eigenvalue weighted by Crippen LogP contribution is -2.53. The van der Waals surface area contributed by atoms with E-state index in [9.17, 15) is 4.79 Å². The average Bonchev–Trinajstić information content (AvgIpc) is 2.29. The lowest BCUT2D eigenvalue weighted by atomic mass is 9.67. The van der Waals surface area contributed by atoms with Gasteiger partial charge in [-0.15, -0.1) is 0 Å². The van der Waals surface area contributed by atoms with E-state index in [-0.39, 0.29) is 11.9 Å². The van der Waals surface area contributed by atoms with E-state index in [2.05, 4.69) is 17.6 Å². The van der Waals surface area contributed by atoms with Crippen molar-refractivity contribution in [2.75, 3.05) is 26.3 Å². The van der Waals surface area contributed by atoms with Crippen LogP contribution in [0, 0.1) is 5.41 Å². The van der Waals surface area contributed by atoms with Gasteiger partial charge in [-0.1, -0.05) is 13.3 Å². The number of hydrogen-bond donors (Lipinski definition) is 2. The Hall–Kier alpha value is -0.610. The zero-order chi connectivity index (χ0) is 11.4. The lowest BCUT2D eigenvalue weighted by molar-refractivity contribution is -0.126. The summed E-state index contributed by atoms with van der Waals surface area (Å²) in [5.41, 5.74) is 0.394. The van der Waals surface area contributed by atoms with Crippen molar-refractivity contribution in [3.8, 4) is 0 Å². The van der Waals surface area contributed by atoms with Gasteiger partial charge in [0.1, 0.15) is 6.04 Å². The number of hydrogen-bond acceptors (Lipinski definition) is 3. The van der Waals surface area contributed by atoms with Crippen LogP contribution < -0.4 is 10.6 Å². The summed E-state index contributed by atoms with van der Waals surface area (Å²) < 4.78 is 5.28. The molecule has 0 aromatic heterocycles. The molecule has 1 saturated heterocycles. The Bertz CT molecular complexity index is 240. The van der Waals surface area contributed by atoms with Gasteiger partial charge in [-0.3, -0.25) is 4.79 Å². The molecule has 1 saturated carbocycles. The van der Waals surface area contributed by atoms with Gasteiger partial charge < -0.3 is 15.4 Å². The van der Waals surface area contributed by atoms with Crippen molar-refractivity contribution < 1.29 is 9.53 Å². The summed E-state index contributed by atoms with van der Waals surface area (Å²) in [5.74, 6) is 0.0967. The van der Waals surface area contributed by atoms with E-state index in [1.165, 1.54) is 25.7 Å². The molecule has 4 heteroatoms. The second-order valence-electron chi connectivity index (χ2n) is 5.01. The summed E-state index contributed by atoms with van der Waals surface area (Å²) in [6, 6.07) is -0.150.